The summed E-state index contributed by atoms with van der Waals surface area (Å²) in [6, 6.07) is 0. The molecule has 0 aromatic rings. The number of hydrogen-bond acceptors (Lipinski definition) is 3. The molecule has 0 atom stereocenters. The molecule has 0 saturated carbocycles. The van der Waals surface area contributed by atoms with Gasteiger partial charge in [0.25, 0.3) is 0 Å². The predicted molar refractivity (Wildman–Crippen MR) is 80.6 cm³/mol. The van der Waals surface area contributed by atoms with Gasteiger partial charge < -0.3 is 14.7 Å². The van der Waals surface area contributed by atoms with Gasteiger partial charge in [0.05, 0.1) is 0 Å². The Hall–Kier alpha value is -1.59. The lowest BCUT2D eigenvalue weighted by Crippen LogP contribution is -2.17. The molecule has 0 radical (unpaired) electrons. The van der Waals surface area contributed by atoms with E-state index >= 15 is 0 Å². The highest BCUT2D eigenvalue weighted by molar-refractivity contribution is 5.78. The Labute approximate surface area is 127 Å². The zero-order valence-electron chi connectivity index (χ0n) is 13.4. The molecule has 3 heterocycles. The maximum atomic E-state index is 10.5. The van der Waals surface area contributed by atoms with E-state index in [1.807, 2.05) is 21.1 Å². The maximum absolute atomic E-state index is 10.5. The summed E-state index contributed by atoms with van der Waals surface area (Å²) in [6.45, 7) is 2.87. The van der Waals surface area contributed by atoms with Crippen molar-refractivity contribution in [3.8, 4) is 0 Å². The Bertz CT molecular complexity index is 327. The van der Waals surface area contributed by atoms with Crippen LogP contribution in [0, 0.1) is 0 Å². The van der Waals surface area contributed by atoms with Crippen LogP contribution in [0.25, 0.3) is 0 Å². The molecule has 0 N–H and O–H groups in total. The predicted octanol–water partition coefficient (Wildman–Crippen LogP) is 0.716. The van der Waals surface area contributed by atoms with Crippen molar-refractivity contribution in [2.24, 2.45) is 0 Å². The number of amides is 3. The Balaban J connectivity index is 0.000000157. The lowest BCUT2D eigenvalue weighted by Gasteiger charge is -2.03. The number of carbonyl (C=O) groups is 3. The normalized spacial score (nSPS) is 21.3. The highest BCUT2D eigenvalue weighted by Gasteiger charge is 2.15. The highest BCUT2D eigenvalue weighted by atomic mass is 16.2. The standard InChI is InChI=1S/3C5H9NO/c3*1-6-4-2-3-5(6)7/h3*2-4H2,1H3. The molecule has 3 amide bonds. The van der Waals surface area contributed by atoms with Crippen LogP contribution in [-0.4, -0.2) is 73.2 Å². The molecule has 0 bridgehead atoms. The number of carbonyl (C=O) groups excluding carboxylic acids is 3. The van der Waals surface area contributed by atoms with Crippen molar-refractivity contribution in [3.63, 3.8) is 0 Å². The molecule has 0 aromatic carbocycles. The molecular formula is C15H27N3O3. The molecular weight excluding hydrogens is 270 g/mol. The molecule has 3 saturated heterocycles. The van der Waals surface area contributed by atoms with Gasteiger partial charge in [0.1, 0.15) is 0 Å². The first-order valence-corrected chi connectivity index (χ1v) is 7.63. The summed E-state index contributed by atoms with van der Waals surface area (Å²) in [4.78, 5) is 36.8. The second kappa shape index (κ2) is 8.64. The second-order valence-electron chi connectivity index (χ2n) is 5.76. The van der Waals surface area contributed by atoms with E-state index in [0.29, 0.717) is 17.7 Å². The third-order valence-corrected chi connectivity index (χ3v) is 3.93. The monoisotopic (exact) mass is 297 g/mol. The number of rotatable bonds is 0. The van der Waals surface area contributed by atoms with Gasteiger partial charge in [0, 0.05) is 60.0 Å². The van der Waals surface area contributed by atoms with Gasteiger partial charge in [-0.25, -0.2) is 0 Å². The fourth-order valence-electron chi connectivity index (χ4n) is 2.35. The van der Waals surface area contributed by atoms with E-state index in [1.54, 1.807) is 14.7 Å². The Morgan fingerprint density at radius 2 is 0.810 bits per heavy atom. The largest absolute Gasteiger partial charge is 0.346 e. The summed E-state index contributed by atoms with van der Waals surface area (Å²) in [6.07, 6.45) is 5.43. The van der Waals surface area contributed by atoms with Gasteiger partial charge in [-0.3, -0.25) is 14.4 Å². The van der Waals surface area contributed by atoms with Crippen LogP contribution in [-0.2, 0) is 14.4 Å². The van der Waals surface area contributed by atoms with Crippen molar-refractivity contribution < 1.29 is 14.4 Å². The maximum Gasteiger partial charge on any atom is 0.222 e. The summed E-state index contributed by atoms with van der Waals surface area (Å²) in [7, 11) is 5.53. The molecule has 3 aliphatic heterocycles. The van der Waals surface area contributed by atoms with Gasteiger partial charge >= 0.3 is 0 Å². The Morgan fingerprint density at radius 3 is 0.857 bits per heavy atom. The smallest absolute Gasteiger partial charge is 0.222 e. The van der Waals surface area contributed by atoms with Crippen molar-refractivity contribution in [1.29, 1.82) is 0 Å². The SMILES string of the molecule is CN1CCCC1=O.CN1CCCC1=O.CN1CCCC1=O. The molecule has 3 aliphatic rings. The fourth-order valence-corrected chi connectivity index (χ4v) is 2.35. The lowest BCUT2D eigenvalue weighted by molar-refractivity contribution is -0.127. The summed E-state index contributed by atoms with van der Waals surface area (Å²) in [5, 5.41) is 0. The minimum atomic E-state index is 0.292. The van der Waals surface area contributed by atoms with E-state index < -0.39 is 0 Å². The van der Waals surface area contributed by atoms with Crippen molar-refractivity contribution in [2.75, 3.05) is 40.8 Å². The fraction of sp³-hybridized carbons (Fsp3) is 0.800. The third-order valence-electron chi connectivity index (χ3n) is 3.93. The van der Waals surface area contributed by atoms with Gasteiger partial charge in [-0.05, 0) is 19.3 Å². The number of hydrogen-bond donors (Lipinski definition) is 0. The molecule has 0 aromatic heterocycles. The van der Waals surface area contributed by atoms with E-state index in [2.05, 4.69) is 0 Å². The van der Waals surface area contributed by atoms with Gasteiger partial charge in [-0.15, -0.1) is 0 Å². The summed E-state index contributed by atoms with van der Waals surface area (Å²) in [5.74, 6) is 0.875. The van der Waals surface area contributed by atoms with Crippen molar-refractivity contribution in [2.45, 2.75) is 38.5 Å². The van der Waals surface area contributed by atoms with E-state index in [0.717, 1.165) is 58.2 Å². The molecule has 120 valence electrons. The molecule has 3 fully saturated rings. The lowest BCUT2D eigenvalue weighted by atomic mass is 10.4. The average molecular weight is 297 g/mol. The molecule has 6 heteroatoms. The first kappa shape index (κ1) is 17.5. The molecule has 0 spiro atoms. The van der Waals surface area contributed by atoms with Crippen LogP contribution >= 0.6 is 0 Å². The van der Waals surface area contributed by atoms with E-state index in [9.17, 15) is 14.4 Å². The van der Waals surface area contributed by atoms with Crippen LogP contribution in [0.15, 0.2) is 0 Å². The third kappa shape index (κ3) is 6.14. The number of likely N-dealkylation sites (tertiary alicyclic amines) is 3. The van der Waals surface area contributed by atoms with Crippen molar-refractivity contribution in [3.05, 3.63) is 0 Å². The van der Waals surface area contributed by atoms with Crippen LogP contribution in [0.2, 0.25) is 0 Å². The minimum absolute atomic E-state index is 0.292. The number of nitrogens with zero attached hydrogens (tertiary/aromatic N) is 3. The van der Waals surface area contributed by atoms with Gasteiger partial charge in [-0.2, -0.15) is 0 Å². The molecule has 0 aliphatic carbocycles. The van der Waals surface area contributed by atoms with Crippen LogP contribution < -0.4 is 0 Å². The summed E-state index contributed by atoms with van der Waals surface area (Å²) in [5.41, 5.74) is 0. The molecule has 6 nitrogen and oxygen atoms in total. The Morgan fingerprint density at radius 1 is 0.571 bits per heavy atom. The first-order chi connectivity index (χ1) is 9.91. The van der Waals surface area contributed by atoms with E-state index in [4.69, 9.17) is 0 Å². The quantitative estimate of drug-likeness (QED) is 0.662. The average Bonchev–Trinajstić information content (AvgIpc) is 3.11. The van der Waals surface area contributed by atoms with E-state index in [1.165, 1.54) is 0 Å². The van der Waals surface area contributed by atoms with Crippen LogP contribution in [0.1, 0.15) is 38.5 Å². The Kier molecular flexibility index (Phi) is 7.19. The van der Waals surface area contributed by atoms with E-state index in [-0.39, 0.29) is 0 Å². The zero-order chi connectivity index (χ0) is 15.8. The summed E-state index contributed by atoms with van der Waals surface area (Å²) >= 11 is 0. The van der Waals surface area contributed by atoms with Crippen molar-refractivity contribution >= 4 is 17.7 Å². The van der Waals surface area contributed by atoms with Crippen LogP contribution in [0.4, 0.5) is 0 Å². The van der Waals surface area contributed by atoms with Gasteiger partial charge in [-0.1, -0.05) is 0 Å². The van der Waals surface area contributed by atoms with Crippen LogP contribution in [0.3, 0.4) is 0 Å². The minimum Gasteiger partial charge on any atom is -0.346 e. The summed E-state index contributed by atoms with van der Waals surface area (Å²) < 4.78 is 0. The van der Waals surface area contributed by atoms with Gasteiger partial charge in [0.2, 0.25) is 17.7 Å². The van der Waals surface area contributed by atoms with Crippen molar-refractivity contribution in [1.82, 2.24) is 14.7 Å². The second-order valence-corrected chi connectivity index (χ2v) is 5.76. The van der Waals surface area contributed by atoms with Crippen LogP contribution in [0.5, 0.6) is 0 Å². The van der Waals surface area contributed by atoms with Gasteiger partial charge in [0.15, 0.2) is 0 Å². The first-order valence-electron chi connectivity index (χ1n) is 7.63. The molecule has 0 unspecified atom stereocenters. The molecule has 3 rings (SSSR count). The topological polar surface area (TPSA) is 60.9 Å². The highest BCUT2D eigenvalue weighted by Crippen LogP contribution is 2.05. The molecule has 21 heavy (non-hydrogen) atoms. The zero-order valence-corrected chi connectivity index (χ0v) is 13.4.